The lowest BCUT2D eigenvalue weighted by Crippen LogP contribution is -2.31. The summed E-state index contributed by atoms with van der Waals surface area (Å²) in [5.41, 5.74) is 3.77. The average molecular weight is 381 g/mol. The molecule has 0 radical (unpaired) electrons. The lowest BCUT2D eigenvalue weighted by Gasteiger charge is -2.14. The van der Waals surface area contributed by atoms with Gasteiger partial charge in [-0.1, -0.05) is 18.2 Å². The fourth-order valence-corrected chi connectivity index (χ4v) is 3.13. The average Bonchev–Trinajstić information content (AvgIpc) is 3.14. The minimum atomic E-state index is -0.951. The number of hydrogen-bond acceptors (Lipinski definition) is 5. The summed E-state index contributed by atoms with van der Waals surface area (Å²) in [6, 6.07) is 12.4. The second-order valence-electron chi connectivity index (χ2n) is 6.83. The van der Waals surface area contributed by atoms with Gasteiger partial charge < -0.3 is 14.8 Å². The van der Waals surface area contributed by atoms with E-state index in [4.69, 9.17) is 9.47 Å². The first-order valence-corrected chi connectivity index (χ1v) is 9.28. The van der Waals surface area contributed by atoms with Gasteiger partial charge in [0, 0.05) is 11.3 Å². The molecule has 0 saturated heterocycles. The Morgan fingerprint density at radius 1 is 1.07 bits per heavy atom. The number of aryl methyl sites for hydroxylation is 2. The number of hydrogen-bond donors (Lipinski definition) is 1. The van der Waals surface area contributed by atoms with Crippen molar-refractivity contribution in [3.8, 4) is 5.75 Å². The molecule has 0 saturated carbocycles. The Balaban J connectivity index is 1.49. The van der Waals surface area contributed by atoms with Crippen molar-refractivity contribution < 1.29 is 23.9 Å². The fraction of sp³-hybridized carbons (Fsp3) is 0.318. The van der Waals surface area contributed by atoms with Crippen LogP contribution in [0, 0.1) is 0 Å². The van der Waals surface area contributed by atoms with Gasteiger partial charge in [0.25, 0.3) is 5.91 Å². The lowest BCUT2D eigenvalue weighted by molar-refractivity contribution is -0.155. The maximum atomic E-state index is 12.3. The van der Waals surface area contributed by atoms with E-state index in [1.165, 1.54) is 25.0 Å². The van der Waals surface area contributed by atoms with E-state index in [2.05, 4.69) is 5.32 Å². The van der Waals surface area contributed by atoms with Crippen molar-refractivity contribution in [3.63, 3.8) is 0 Å². The van der Waals surface area contributed by atoms with Gasteiger partial charge in [0.05, 0.1) is 0 Å². The van der Waals surface area contributed by atoms with Crippen molar-refractivity contribution >= 4 is 23.3 Å². The van der Waals surface area contributed by atoms with E-state index in [1.54, 1.807) is 24.3 Å². The van der Waals surface area contributed by atoms with Crippen LogP contribution in [0.25, 0.3) is 0 Å². The van der Waals surface area contributed by atoms with Crippen LogP contribution in [0.3, 0.4) is 0 Å². The van der Waals surface area contributed by atoms with Gasteiger partial charge in [-0.15, -0.1) is 0 Å². The molecule has 146 valence electrons. The Hall–Kier alpha value is -3.15. The molecule has 0 bridgehead atoms. The number of carbonyl (C=O) groups is 3. The molecule has 6 nitrogen and oxygen atoms in total. The van der Waals surface area contributed by atoms with Gasteiger partial charge >= 0.3 is 5.97 Å². The van der Waals surface area contributed by atoms with Gasteiger partial charge in [0.1, 0.15) is 5.75 Å². The molecule has 6 heteroatoms. The maximum absolute atomic E-state index is 12.3. The minimum Gasteiger partial charge on any atom is -0.482 e. The van der Waals surface area contributed by atoms with E-state index < -0.39 is 18.0 Å². The highest BCUT2D eigenvalue weighted by molar-refractivity contribution is 5.95. The molecule has 1 amide bonds. The normalized spacial score (nSPS) is 13.4. The summed E-state index contributed by atoms with van der Waals surface area (Å²) in [7, 11) is 0. The van der Waals surface area contributed by atoms with Crippen molar-refractivity contribution in [2.45, 2.75) is 39.2 Å². The van der Waals surface area contributed by atoms with Crippen LogP contribution in [-0.2, 0) is 27.2 Å². The predicted molar refractivity (Wildman–Crippen MR) is 105 cm³/mol. The van der Waals surface area contributed by atoms with Gasteiger partial charge in [0.15, 0.2) is 18.5 Å². The number of nitrogens with one attached hydrogen (secondary N) is 1. The number of benzene rings is 2. The zero-order chi connectivity index (χ0) is 20.1. The van der Waals surface area contributed by atoms with Crippen LogP contribution in [0.1, 0.15) is 41.8 Å². The van der Waals surface area contributed by atoms with E-state index in [0.29, 0.717) is 17.0 Å². The number of ketones is 1. The van der Waals surface area contributed by atoms with Gasteiger partial charge in [-0.3, -0.25) is 9.59 Å². The third kappa shape index (κ3) is 4.97. The van der Waals surface area contributed by atoms with E-state index >= 15 is 0 Å². The Morgan fingerprint density at radius 2 is 1.86 bits per heavy atom. The number of ether oxygens (including phenoxy) is 2. The molecule has 1 N–H and O–H groups in total. The molecule has 2 aromatic rings. The summed E-state index contributed by atoms with van der Waals surface area (Å²) < 4.78 is 10.5. The van der Waals surface area contributed by atoms with Crippen molar-refractivity contribution in [2.75, 3.05) is 11.9 Å². The highest BCUT2D eigenvalue weighted by atomic mass is 16.6. The number of anilines is 1. The first kappa shape index (κ1) is 19.6. The fourth-order valence-electron chi connectivity index (χ4n) is 3.13. The second-order valence-corrected chi connectivity index (χ2v) is 6.83. The quantitative estimate of drug-likeness (QED) is 0.588. The second kappa shape index (κ2) is 8.69. The van der Waals surface area contributed by atoms with Crippen LogP contribution in [0.4, 0.5) is 5.69 Å². The molecule has 0 aromatic heterocycles. The number of amides is 1. The predicted octanol–water partition coefficient (Wildman–Crippen LogP) is 3.33. The standard InChI is InChI=1S/C22H23NO5/c1-14(24)17-6-4-8-20(12-17)27-13-21(25)28-15(2)22(26)23-19-10-9-16-5-3-7-18(16)11-19/h4,6,8-12,15H,3,5,7,13H2,1-2H3,(H,23,26)/t15-/m0/s1. The molecule has 0 aliphatic heterocycles. The molecule has 0 fully saturated rings. The monoisotopic (exact) mass is 381 g/mol. The molecular formula is C22H23NO5. The maximum Gasteiger partial charge on any atom is 0.344 e. The van der Waals surface area contributed by atoms with Gasteiger partial charge in [-0.05, 0) is 68.5 Å². The van der Waals surface area contributed by atoms with Crippen LogP contribution >= 0.6 is 0 Å². The summed E-state index contributed by atoms with van der Waals surface area (Å²) >= 11 is 0. The van der Waals surface area contributed by atoms with Crippen LogP contribution < -0.4 is 10.1 Å². The zero-order valence-electron chi connectivity index (χ0n) is 16.0. The van der Waals surface area contributed by atoms with Crippen LogP contribution in [0.15, 0.2) is 42.5 Å². The van der Waals surface area contributed by atoms with E-state index in [9.17, 15) is 14.4 Å². The summed E-state index contributed by atoms with van der Waals surface area (Å²) in [4.78, 5) is 35.6. The van der Waals surface area contributed by atoms with Crippen LogP contribution in [-0.4, -0.2) is 30.4 Å². The molecule has 0 heterocycles. The topological polar surface area (TPSA) is 81.7 Å². The van der Waals surface area contributed by atoms with Gasteiger partial charge in [0.2, 0.25) is 0 Å². The molecule has 3 rings (SSSR count). The molecule has 0 spiro atoms. The Bertz CT molecular complexity index is 906. The Morgan fingerprint density at radius 3 is 2.64 bits per heavy atom. The number of fused-ring (bicyclic) bond motifs is 1. The third-order valence-electron chi connectivity index (χ3n) is 4.64. The zero-order valence-corrected chi connectivity index (χ0v) is 16.0. The smallest absolute Gasteiger partial charge is 0.344 e. The minimum absolute atomic E-state index is 0.0927. The number of esters is 1. The molecule has 2 aromatic carbocycles. The molecule has 1 aliphatic rings. The summed E-state index contributed by atoms with van der Waals surface area (Å²) in [5.74, 6) is -0.764. The lowest BCUT2D eigenvalue weighted by atomic mass is 10.1. The highest BCUT2D eigenvalue weighted by Gasteiger charge is 2.19. The first-order chi connectivity index (χ1) is 13.4. The SMILES string of the molecule is CC(=O)c1cccc(OCC(=O)O[C@@H](C)C(=O)Nc2ccc3c(c2)CCC3)c1. The van der Waals surface area contributed by atoms with Crippen molar-refractivity contribution in [1.29, 1.82) is 0 Å². The summed E-state index contributed by atoms with van der Waals surface area (Å²) in [6.45, 7) is 2.61. The summed E-state index contributed by atoms with van der Waals surface area (Å²) in [5, 5.41) is 2.78. The first-order valence-electron chi connectivity index (χ1n) is 9.28. The van der Waals surface area contributed by atoms with E-state index in [1.807, 2.05) is 18.2 Å². The molecule has 1 atom stereocenters. The number of rotatable bonds is 7. The van der Waals surface area contributed by atoms with Crippen LogP contribution in [0.5, 0.6) is 5.75 Å². The van der Waals surface area contributed by atoms with Crippen molar-refractivity contribution in [3.05, 3.63) is 59.2 Å². The number of carbonyl (C=O) groups excluding carboxylic acids is 3. The van der Waals surface area contributed by atoms with Crippen molar-refractivity contribution in [2.24, 2.45) is 0 Å². The Kier molecular flexibility index (Phi) is 6.09. The molecular weight excluding hydrogens is 358 g/mol. The third-order valence-corrected chi connectivity index (χ3v) is 4.64. The number of Topliss-reactive ketones (excluding diaryl/α,β-unsaturated/α-hetero) is 1. The van der Waals surface area contributed by atoms with E-state index in [-0.39, 0.29) is 12.4 Å². The van der Waals surface area contributed by atoms with Gasteiger partial charge in [-0.25, -0.2) is 4.79 Å². The molecule has 28 heavy (non-hydrogen) atoms. The van der Waals surface area contributed by atoms with Crippen LogP contribution in [0.2, 0.25) is 0 Å². The molecule has 1 aliphatic carbocycles. The Labute approximate surface area is 163 Å². The van der Waals surface area contributed by atoms with Crippen molar-refractivity contribution in [1.82, 2.24) is 0 Å². The molecule has 0 unspecified atom stereocenters. The largest absolute Gasteiger partial charge is 0.482 e. The van der Waals surface area contributed by atoms with E-state index in [0.717, 1.165) is 19.3 Å². The summed E-state index contributed by atoms with van der Waals surface area (Å²) in [6.07, 6.45) is 2.28. The highest BCUT2D eigenvalue weighted by Crippen LogP contribution is 2.25. The van der Waals surface area contributed by atoms with Gasteiger partial charge in [-0.2, -0.15) is 0 Å².